The number of ether oxygens (including phenoxy) is 2. The van der Waals surface area contributed by atoms with Gasteiger partial charge in [0.05, 0.1) is 24.0 Å². The molecule has 2 saturated heterocycles. The van der Waals surface area contributed by atoms with Crippen LogP contribution in [0.25, 0.3) is 11.1 Å². The fourth-order valence-electron chi connectivity index (χ4n) is 5.63. The minimum atomic E-state index is -4.54. The third-order valence-corrected chi connectivity index (χ3v) is 7.95. The summed E-state index contributed by atoms with van der Waals surface area (Å²) >= 11 is 0. The van der Waals surface area contributed by atoms with Crippen molar-refractivity contribution in [1.29, 1.82) is 0 Å². The molecule has 2 fully saturated rings. The van der Waals surface area contributed by atoms with E-state index in [1.807, 2.05) is 0 Å². The van der Waals surface area contributed by atoms with Gasteiger partial charge >= 0.3 is 12.1 Å². The number of amidine groups is 1. The Balaban J connectivity index is 1.27. The van der Waals surface area contributed by atoms with E-state index in [1.165, 1.54) is 24.3 Å². The molecule has 1 N–H and O–H groups in total. The van der Waals surface area contributed by atoms with Crippen LogP contribution in [-0.4, -0.2) is 77.9 Å². The quantitative estimate of drug-likeness (QED) is 0.425. The molecule has 222 valence electrons. The Kier molecular flexibility index (Phi) is 7.80. The lowest BCUT2D eigenvalue weighted by atomic mass is 9.80. The molecule has 0 atom stereocenters. The van der Waals surface area contributed by atoms with Crippen LogP contribution >= 0.6 is 0 Å². The van der Waals surface area contributed by atoms with Crippen molar-refractivity contribution in [1.82, 2.24) is 9.80 Å². The molecule has 2 aromatic carbocycles. The predicted octanol–water partition coefficient (Wildman–Crippen LogP) is 5.31. The summed E-state index contributed by atoms with van der Waals surface area (Å²) in [5.41, 5.74) is 0.311. The van der Waals surface area contributed by atoms with E-state index in [9.17, 15) is 27.5 Å². The second-order valence-electron chi connectivity index (χ2n) is 11.3. The van der Waals surface area contributed by atoms with E-state index in [4.69, 9.17) is 14.3 Å². The highest BCUT2D eigenvalue weighted by molar-refractivity contribution is 5.85. The molecule has 3 aliphatic rings. The number of likely N-dealkylation sites (tertiary alicyclic amines) is 2. The number of carboxylic acids is 1. The molecular formula is C29H33F4N3O5. The van der Waals surface area contributed by atoms with Gasteiger partial charge < -0.3 is 24.3 Å². The molecule has 5 rings (SSSR count). The van der Waals surface area contributed by atoms with Crippen LogP contribution < -0.4 is 9.47 Å². The maximum atomic E-state index is 13.6. The van der Waals surface area contributed by atoms with Gasteiger partial charge in [0, 0.05) is 32.7 Å². The van der Waals surface area contributed by atoms with Gasteiger partial charge in [-0.2, -0.15) is 13.2 Å². The molecular weight excluding hydrogens is 546 g/mol. The van der Waals surface area contributed by atoms with Crippen LogP contribution in [0, 0.1) is 11.2 Å². The summed E-state index contributed by atoms with van der Waals surface area (Å²) in [6.07, 6.45) is -2.85. The maximum absolute atomic E-state index is 13.6. The first-order valence-corrected chi connectivity index (χ1v) is 13.6. The smallest absolute Gasteiger partial charge is 0.422 e. The first-order valence-electron chi connectivity index (χ1n) is 13.6. The molecule has 0 amide bonds. The third-order valence-electron chi connectivity index (χ3n) is 7.95. The summed E-state index contributed by atoms with van der Waals surface area (Å²) in [4.78, 5) is 21.6. The molecule has 1 spiro atoms. The topological polar surface area (TPSA) is 83.8 Å². The van der Waals surface area contributed by atoms with E-state index in [0.717, 1.165) is 5.84 Å². The molecule has 3 heterocycles. The van der Waals surface area contributed by atoms with E-state index in [2.05, 4.69) is 15.0 Å². The number of piperidine rings is 1. The second-order valence-corrected chi connectivity index (χ2v) is 11.3. The Morgan fingerprint density at radius 1 is 1.10 bits per heavy atom. The van der Waals surface area contributed by atoms with E-state index < -0.39 is 35.6 Å². The fraction of sp³-hybridized carbons (Fsp3) is 0.517. The molecule has 0 radical (unpaired) electrons. The number of halogens is 4. The lowest BCUT2D eigenvalue weighted by Gasteiger charge is -2.45. The summed E-state index contributed by atoms with van der Waals surface area (Å²) < 4.78 is 63.9. The molecule has 3 aliphatic heterocycles. The highest BCUT2D eigenvalue weighted by atomic mass is 19.4. The monoisotopic (exact) mass is 579 g/mol. The van der Waals surface area contributed by atoms with Gasteiger partial charge in [0.25, 0.3) is 0 Å². The summed E-state index contributed by atoms with van der Waals surface area (Å²) in [5.74, 6) is -0.0649. The van der Waals surface area contributed by atoms with Crippen molar-refractivity contribution >= 4 is 11.8 Å². The maximum Gasteiger partial charge on any atom is 0.422 e. The number of carboxylic acid groups (broad SMARTS) is 1. The zero-order valence-electron chi connectivity index (χ0n) is 23.0. The van der Waals surface area contributed by atoms with Gasteiger partial charge in [-0.25, -0.2) is 4.39 Å². The number of carbonyl (C=O) groups is 1. The van der Waals surface area contributed by atoms with Crippen molar-refractivity contribution in [2.45, 2.75) is 51.4 Å². The molecule has 0 aromatic heterocycles. The summed E-state index contributed by atoms with van der Waals surface area (Å²) in [7, 11) is 0. The third kappa shape index (κ3) is 6.37. The van der Waals surface area contributed by atoms with Gasteiger partial charge in [0.15, 0.2) is 12.2 Å². The van der Waals surface area contributed by atoms with Gasteiger partial charge in [-0.05, 0) is 62.1 Å². The fourth-order valence-corrected chi connectivity index (χ4v) is 5.63. The summed E-state index contributed by atoms with van der Waals surface area (Å²) in [6.45, 7) is 5.12. The van der Waals surface area contributed by atoms with Gasteiger partial charge in [0.1, 0.15) is 23.2 Å². The zero-order valence-corrected chi connectivity index (χ0v) is 23.0. The summed E-state index contributed by atoms with van der Waals surface area (Å²) in [6, 6.07) is 8.77. The molecule has 12 heteroatoms. The average Bonchev–Trinajstić information content (AvgIpc) is 3.34. The first kappa shape index (κ1) is 29.0. The number of rotatable bonds is 8. The Morgan fingerprint density at radius 2 is 1.73 bits per heavy atom. The molecule has 0 unspecified atom stereocenters. The Morgan fingerprint density at radius 3 is 2.32 bits per heavy atom. The van der Waals surface area contributed by atoms with Gasteiger partial charge in [-0.3, -0.25) is 9.69 Å². The van der Waals surface area contributed by atoms with Crippen LogP contribution in [0.3, 0.4) is 0 Å². The van der Waals surface area contributed by atoms with Gasteiger partial charge in [-0.1, -0.05) is 17.3 Å². The van der Waals surface area contributed by atoms with Crippen molar-refractivity contribution in [2.75, 3.05) is 39.4 Å². The molecule has 0 saturated carbocycles. The number of benzene rings is 2. The van der Waals surface area contributed by atoms with Crippen LogP contribution in [0.5, 0.6) is 11.5 Å². The van der Waals surface area contributed by atoms with Crippen molar-refractivity contribution < 1.29 is 41.8 Å². The van der Waals surface area contributed by atoms with Gasteiger partial charge in [0.2, 0.25) is 0 Å². The number of oxime groups is 1. The normalized spacial score (nSPS) is 19.9. The Hall–Kier alpha value is -3.54. The predicted molar refractivity (Wildman–Crippen MR) is 142 cm³/mol. The number of nitrogens with zero attached hydrogens (tertiary/aromatic N) is 3. The van der Waals surface area contributed by atoms with Crippen LogP contribution in [0.2, 0.25) is 0 Å². The lowest BCUT2D eigenvalue weighted by Crippen LogP contribution is -2.61. The van der Waals surface area contributed by atoms with Crippen molar-refractivity contribution in [3.63, 3.8) is 0 Å². The second kappa shape index (κ2) is 11.0. The highest BCUT2D eigenvalue weighted by Crippen LogP contribution is 2.43. The number of aliphatic carboxylic acids is 1. The molecule has 8 nitrogen and oxygen atoms in total. The Labute approximate surface area is 235 Å². The van der Waals surface area contributed by atoms with Crippen molar-refractivity contribution in [3.05, 3.63) is 47.8 Å². The molecule has 2 aromatic rings. The van der Waals surface area contributed by atoms with Gasteiger partial charge in [-0.15, -0.1) is 0 Å². The number of hydrogen-bond acceptors (Lipinski definition) is 7. The van der Waals surface area contributed by atoms with Crippen LogP contribution in [0.1, 0.15) is 38.7 Å². The zero-order chi connectivity index (χ0) is 29.4. The van der Waals surface area contributed by atoms with Crippen molar-refractivity contribution in [3.8, 4) is 22.6 Å². The van der Waals surface area contributed by atoms with E-state index in [0.29, 0.717) is 74.4 Å². The largest absolute Gasteiger partial charge is 0.493 e. The number of hydrogen-bond donors (Lipinski definition) is 1. The lowest BCUT2D eigenvalue weighted by molar-refractivity contribution is -0.153. The summed E-state index contributed by atoms with van der Waals surface area (Å²) in [5, 5.41) is 13.8. The van der Waals surface area contributed by atoms with E-state index in [1.54, 1.807) is 26.0 Å². The first-order chi connectivity index (χ1) is 19.4. The molecule has 0 bridgehead atoms. The molecule has 41 heavy (non-hydrogen) atoms. The van der Waals surface area contributed by atoms with E-state index in [-0.39, 0.29) is 12.4 Å². The minimum Gasteiger partial charge on any atom is -0.493 e. The number of alkyl halides is 3. The highest BCUT2D eigenvalue weighted by Gasteiger charge is 2.51. The minimum absolute atomic E-state index is 0.00585. The average molecular weight is 580 g/mol. The van der Waals surface area contributed by atoms with E-state index >= 15 is 0 Å². The van der Waals surface area contributed by atoms with Crippen LogP contribution in [0.15, 0.2) is 41.6 Å². The van der Waals surface area contributed by atoms with Crippen LogP contribution in [0.4, 0.5) is 17.6 Å². The van der Waals surface area contributed by atoms with Crippen LogP contribution in [-0.2, 0) is 16.2 Å². The SMILES string of the molecule is CCOc1cc(CN2CC3(CC(N4CCC(C)(C(=O)O)CC4)=NO3)C2)cc(OCC(F)(F)F)c1-c1ccc(F)cc1. The standard InChI is InChI=1S/C29H33F4N3O5/c1-3-39-22-12-19(13-23(40-18-29(31,32)33)25(22)20-4-6-21(30)7-5-20)15-35-16-28(17-35)14-24(34-41-28)36-10-8-27(2,9-11-36)26(37)38/h4-7,12-13H,3,8-11,14-18H2,1-2H3,(H,37,38). The van der Waals surface area contributed by atoms with Crippen molar-refractivity contribution in [2.24, 2.45) is 10.6 Å². The molecule has 0 aliphatic carbocycles. The Bertz CT molecular complexity index is 1300.